The quantitative estimate of drug-likeness (QED) is 0.514. The number of hydrogen-bond acceptors (Lipinski definition) is 5. The Balaban J connectivity index is 1.71. The molecule has 3 rings (SSSR count). The summed E-state index contributed by atoms with van der Waals surface area (Å²) in [5.74, 6) is 0.827. The maximum Gasteiger partial charge on any atom is 0.237 e. The molecule has 2 aromatic rings. The van der Waals surface area contributed by atoms with E-state index in [4.69, 9.17) is 9.41 Å². The highest BCUT2D eigenvalue weighted by Crippen LogP contribution is 2.27. The van der Waals surface area contributed by atoms with Gasteiger partial charge in [-0.3, -0.25) is 10.1 Å². The van der Waals surface area contributed by atoms with E-state index in [2.05, 4.69) is 23.3 Å². The summed E-state index contributed by atoms with van der Waals surface area (Å²) >= 11 is 1.41. The number of thioether (sulfide) groups is 1. The Labute approximate surface area is 182 Å². The Bertz CT molecular complexity index is 940. The average Bonchev–Trinajstić information content (AvgIpc) is 3.04. The molecule has 1 amide bonds. The van der Waals surface area contributed by atoms with Gasteiger partial charge in [-0.05, 0) is 38.8 Å². The van der Waals surface area contributed by atoms with Crippen LogP contribution in [0, 0.1) is 25.2 Å². The van der Waals surface area contributed by atoms with E-state index < -0.39 is 0 Å². The van der Waals surface area contributed by atoms with Gasteiger partial charge in [-0.1, -0.05) is 49.2 Å². The molecule has 158 valence electrons. The van der Waals surface area contributed by atoms with Crippen LogP contribution in [0.1, 0.15) is 49.0 Å². The first kappa shape index (κ1) is 22.0. The molecular weight excluding hydrogens is 396 g/mol. The fourth-order valence-corrected chi connectivity index (χ4v) is 4.45. The van der Waals surface area contributed by atoms with Crippen LogP contribution in [0.3, 0.4) is 0 Å². The summed E-state index contributed by atoms with van der Waals surface area (Å²) in [5, 5.41) is 12.9. The van der Waals surface area contributed by atoms with Gasteiger partial charge in [0.25, 0.3) is 0 Å². The minimum Gasteiger partial charge on any atom is -0.444 e. The molecule has 0 saturated heterocycles. The normalized spacial score (nSPS) is 14.9. The van der Waals surface area contributed by atoms with Crippen molar-refractivity contribution < 1.29 is 9.21 Å². The van der Waals surface area contributed by atoms with E-state index in [0.29, 0.717) is 17.4 Å². The molecule has 1 aromatic carbocycles. The van der Waals surface area contributed by atoms with Crippen molar-refractivity contribution in [1.29, 1.82) is 5.26 Å². The maximum atomic E-state index is 12.6. The van der Waals surface area contributed by atoms with Gasteiger partial charge >= 0.3 is 0 Å². The number of aliphatic imine (C=N–C) groups is 1. The fourth-order valence-electron chi connectivity index (χ4n) is 3.59. The molecule has 0 unspecified atom stereocenters. The summed E-state index contributed by atoms with van der Waals surface area (Å²) in [4.78, 5) is 19.6. The number of hydrogen-bond donors (Lipinski definition) is 1. The van der Waals surface area contributed by atoms with E-state index in [1.807, 2.05) is 37.3 Å². The summed E-state index contributed by atoms with van der Waals surface area (Å²) in [6, 6.07) is 12.3. The Morgan fingerprint density at radius 2 is 1.97 bits per heavy atom. The number of carbonyl (C=O) groups excluding carboxylic acids is 1. The smallest absolute Gasteiger partial charge is 0.237 e. The van der Waals surface area contributed by atoms with Crippen LogP contribution >= 0.6 is 11.8 Å². The van der Waals surface area contributed by atoms with Gasteiger partial charge < -0.3 is 9.32 Å². The van der Waals surface area contributed by atoms with Gasteiger partial charge in [0, 0.05) is 18.7 Å². The zero-order valence-corrected chi connectivity index (χ0v) is 18.6. The lowest BCUT2D eigenvalue weighted by atomic mass is 9.95. The molecule has 0 bridgehead atoms. The van der Waals surface area contributed by atoms with Gasteiger partial charge in [-0.2, -0.15) is 5.26 Å². The summed E-state index contributed by atoms with van der Waals surface area (Å²) < 4.78 is 5.55. The van der Waals surface area contributed by atoms with Crippen LogP contribution in [0.4, 0.5) is 11.6 Å². The molecular formula is C23H28N4O2S. The lowest BCUT2D eigenvalue weighted by Crippen LogP contribution is -2.37. The van der Waals surface area contributed by atoms with Crippen molar-refractivity contribution in [2.45, 2.75) is 52.0 Å². The first-order valence-electron chi connectivity index (χ1n) is 10.3. The number of para-hydroxylation sites is 1. The molecule has 1 heterocycles. The van der Waals surface area contributed by atoms with Crippen LogP contribution in [0.25, 0.3) is 0 Å². The van der Waals surface area contributed by atoms with Crippen LogP contribution in [-0.2, 0) is 4.79 Å². The van der Waals surface area contributed by atoms with Gasteiger partial charge in [-0.15, -0.1) is 0 Å². The average molecular weight is 425 g/mol. The number of furan rings is 1. The highest BCUT2D eigenvalue weighted by Gasteiger charge is 2.23. The number of amides is 1. The van der Waals surface area contributed by atoms with Crippen molar-refractivity contribution in [3.63, 3.8) is 0 Å². The van der Waals surface area contributed by atoms with Gasteiger partial charge in [0.1, 0.15) is 17.4 Å². The molecule has 1 saturated carbocycles. The predicted octanol–water partition coefficient (Wildman–Crippen LogP) is 5.39. The van der Waals surface area contributed by atoms with Crippen LogP contribution in [0.5, 0.6) is 0 Å². The van der Waals surface area contributed by atoms with E-state index in [1.165, 1.54) is 31.0 Å². The molecule has 1 aliphatic carbocycles. The number of nitrogens with one attached hydrogen (secondary N) is 1. The number of benzene rings is 1. The number of amidine groups is 1. The van der Waals surface area contributed by atoms with Crippen molar-refractivity contribution in [2.24, 2.45) is 4.99 Å². The molecule has 30 heavy (non-hydrogen) atoms. The lowest BCUT2D eigenvalue weighted by molar-refractivity contribution is -0.113. The van der Waals surface area contributed by atoms with E-state index >= 15 is 0 Å². The topological polar surface area (TPSA) is 81.6 Å². The number of aryl methyl sites for hydroxylation is 1. The van der Waals surface area contributed by atoms with Gasteiger partial charge in [0.15, 0.2) is 5.17 Å². The third-order valence-electron chi connectivity index (χ3n) is 5.49. The number of carbonyl (C=O) groups is 1. The largest absolute Gasteiger partial charge is 0.444 e. The van der Waals surface area contributed by atoms with Crippen molar-refractivity contribution >= 4 is 34.4 Å². The summed E-state index contributed by atoms with van der Waals surface area (Å²) in [5.41, 5.74) is 2.00. The molecule has 1 fully saturated rings. The lowest BCUT2D eigenvalue weighted by Gasteiger charge is -2.33. The van der Waals surface area contributed by atoms with Crippen molar-refractivity contribution in [3.05, 3.63) is 47.2 Å². The van der Waals surface area contributed by atoms with Crippen molar-refractivity contribution in [2.75, 3.05) is 18.1 Å². The first-order valence-corrected chi connectivity index (χ1v) is 11.3. The third kappa shape index (κ3) is 5.45. The van der Waals surface area contributed by atoms with Crippen LogP contribution in [-0.4, -0.2) is 34.8 Å². The maximum absolute atomic E-state index is 12.6. The van der Waals surface area contributed by atoms with Crippen LogP contribution < -0.4 is 5.32 Å². The van der Waals surface area contributed by atoms with E-state index in [0.717, 1.165) is 29.3 Å². The number of nitriles is 1. The summed E-state index contributed by atoms with van der Waals surface area (Å²) in [7, 11) is 2.07. The highest BCUT2D eigenvalue weighted by atomic mass is 32.2. The molecule has 6 nitrogen and oxygen atoms in total. The number of nitrogens with zero attached hydrogens (tertiary/aromatic N) is 3. The SMILES string of the molecule is Cc1oc(NC(=O)CSC(=Nc2ccccc2)N(C)C2CCCCC2)c(C#N)c1C. The molecule has 0 spiro atoms. The molecule has 0 radical (unpaired) electrons. The number of rotatable bonds is 5. The number of anilines is 1. The highest BCUT2D eigenvalue weighted by molar-refractivity contribution is 8.14. The second kappa shape index (κ2) is 10.4. The molecule has 0 aliphatic heterocycles. The molecule has 1 N–H and O–H groups in total. The predicted molar refractivity (Wildman–Crippen MR) is 122 cm³/mol. The van der Waals surface area contributed by atoms with Crippen molar-refractivity contribution in [1.82, 2.24) is 4.90 Å². The Hall–Kier alpha value is -2.72. The third-order valence-corrected chi connectivity index (χ3v) is 6.53. The van der Waals surface area contributed by atoms with E-state index in [1.54, 1.807) is 6.92 Å². The Morgan fingerprint density at radius 1 is 1.27 bits per heavy atom. The zero-order valence-electron chi connectivity index (χ0n) is 17.8. The fraction of sp³-hybridized carbons (Fsp3) is 0.435. The van der Waals surface area contributed by atoms with Gasteiger partial charge in [0.2, 0.25) is 11.8 Å². The van der Waals surface area contributed by atoms with Crippen LogP contribution in [0.15, 0.2) is 39.7 Å². The zero-order chi connectivity index (χ0) is 21.5. The van der Waals surface area contributed by atoms with Crippen LogP contribution in [0.2, 0.25) is 0 Å². The molecule has 0 atom stereocenters. The molecule has 1 aromatic heterocycles. The monoisotopic (exact) mass is 424 g/mol. The van der Waals surface area contributed by atoms with Crippen molar-refractivity contribution in [3.8, 4) is 6.07 Å². The Morgan fingerprint density at radius 3 is 2.63 bits per heavy atom. The standard InChI is InChI=1S/C23H28N4O2S/c1-16-17(2)29-22(20(16)14-24)26-21(28)15-30-23(25-18-10-6-4-7-11-18)27(3)19-12-8-5-9-13-19/h4,6-7,10-11,19H,5,8-9,12-13,15H2,1-3H3,(H,26,28). The molecule has 7 heteroatoms. The second-order valence-electron chi connectivity index (χ2n) is 7.57. The molecule has 1 aliphatic rings. The van der Waals surface area contributed by atoms with E-state index in [-0.39, 0.29) is 17.5 Å². The summed E-state index contributed by atoms with van der Waals surface area (Å²) in [6.07, 6.45) is 6.04. The van der Waals surface area contributed by atoms with E-state index in [9.17, 15) is 10.1 Å². The van der Waals surface area contributed by atoms with Gasteiger partial charge in [-0.25, -0.2) is 4.99 Å². The Kier molecular flexibility index (Phi) is 7.58. The van der Waals surface area contributed by atoms with Gasteiger partial charge in [0.05, 0.1) is 11.4 Å². The minimum absolute atomic E-state index is 0.187. The first-order chi connectivity index (χ1) is 14.5. The second-order valence-corrected chi connectivity index (χ2v) is 8.51. The summed E-state index contributed by atoms with van der Waals surface area (Å²) in [6.45, 7) is 3.59. The minimum atomic E-state index is -0.219.